The van der Waals surface area contributed by atoms with Gasteiger partial charge in [0.05, 0.1) is 0 Å². The Hall–Kier alpha value is -1.18. The predicted octanol–water partition coefficient (Wildman–Crippen LogP) is 3.35. The highest BCUT2D eigenvalue weighted by Crippen LogP contribution is 2.40. The van der Waals surface area contributed by atoms with Crippen molar-refractivity contribution in [3.8, 4) is 11.5 Å². The van der Waals surface area contributed by atoms with Gasteiger partial charge in [0.2, 0.25) is 0 Å². The summed E-state index contributed by atoms with van der Waals surface area (Å²) < 4.78 is 0. The van der Waals surface area contributed by atoms with Crippen molar-refractivity contribution in [2.45, 2.75) is 46.0 Å². The van der Waals surface area contributed by atoms with Gasteiger partial charge in [-0.3, -0.25) is 0 Å². The maximum atomic E-state index is 9.93. The maximum absolute atomic E-state index is 9.93. The number of hydrogen-bond acceptors (Lipinski definition) is 2. The van der Waals surface area contributed by atoms with Crippen LogP contribution in [0.3, 0.4) is 0 Å². The minimum atomic E-state index is -0.103. The zero-order valence-corrected chi connectivity index (χ0v) is 9.96. The van der Waals surface area contributed by atoms with Gasteiger partial charge in [-0.2, -0.15) is 0 Å². The molecule has 1 rings (SSSR count). The van der Waals surface area contributed by atoms with E-state index in [1.807, 2.05) is 19.1 Å². The lowest BCUT2D eigenvalue weighted by Crippen LogP contribution is -2.15. The monoisotopic (exact) mass is 208 g/mol. The summed E-state index contributed by atoms with van der Waals surface area (Å²) in [6.07, 6.45) is 1.65. The molecule has 2 N–H and O–H groups in total. The van der Waals surface area contributed by atoms with Gasteiger partial charge < -0.3 is 10.2 Å². The van der Waals surface area contributed by atoms with Crippen LogP contribution in [0.5, 0.6) is 11.5 Å². The molecule has 0 aliphatic heterocycles. The highest BCUT2D eigenvalue weighted by molar-refractivity contribution is 5.52. The molecule has 0 fully saturated rings. The summed E-state index contributed by atoms with van der Waals surface area (Å²) in [4.78, 5) is 0. The molecule has 1 aromatic carbocycles. The number of aromatic hydroxyl groups is 2. The van der Waals surface area contributed by atoms with Crippen molar-refractivity contribution in [3.63, 3.8) is 0 Å². The molecular formula is C13H20O2. The molecule has 1 aromatic rings. The Labute approximate surface area is 91.6 Å². The summed E-state index contributed by atoms with van der Waals surface area (Å²) >= 11 is 0. The van der Waals surface area contributed by atoms with Crippen molar-refractivity contribution in [1.82, 2.24) is 0 Å². The van der Waals surface area contributed by atoms with E-state index >= 15 is 0 Å². The Bertz CT molecular complexity index is 354. The molecule has 0 heterocycles. The Morgan fingerprint density at radius 3 is 2.13 bits per heavy atom. The molecule has 0 amide bonds. The maximum Gasteiger partial charge on any atom is 0.161 e. The van der Waals surface area contributed by atoms with Crippen molar-refractivity contribution < 1.29 is 10.2 Å². The zero-order valence-electron chi connectivity index (χ0n) is 9.96. The van der Waals surface area contributed by atoms with Gasteiger partial charge in [-0.15, -0.1) is 0 Å². The van der Waals surface area contributed by atoms with Crippen LogP contribution in [0.15, 0.2) is 12.1 Å². The van der Waals surface area contributed by atoms with E-state index < -0.39 is 0 Å². The highest BCUT2D eigenvalue weighted by atomic mass is 16.3. The lowest BCUT2D eigenvalue weighted by molar-refractivity contribution is 0.379. The highest BCUT2D eigenvalue weighted by Gasteiger charge is 2.24. The van der Waals surface area contributed by atoms with E-state index in [9.17, 15) is 10.2 Å². The SMILES string of the molecule is CCc1ccc(C(C)(C)CC)c(O)c1O. The molecule has 2 nitrogen and oxygen atoms in total. The minimum Gasteiger partial charge on any atom is -0.504 e. The van der Waals surface area contributed by atoms with E-state index in [-0.39, 0.29) is 16.9 Å². The van der Waals surface area contributed by atoms with Crippen molar-refractivity contribution in [3.05, 3.63) is 23.3 Å². The molecule has 0 aliphatic rings. The first kappa shape index (κ1) is 11.9. The van der Waals surface area contributed by atoms with Gasteiger partial charge in [0, 0.05) is 5.56 Å². The molecule has 0 spiro atoms. The number of phenolic OH excluding ortho intramolecular Hbond substituents is 2. The van der Waals surface area contributed by atoms with Crippen molar-refractivity contribution in [2.75, 3.05) is 0 Å². The van der Waals surface area contributed by atoms with E-state index in [1.165, 1.54) is 0 Å². The summed E-state index contributed by atoms with van der Waals surface area (Å²) in [6, 6.07) is 3.80. The number of phenols is 2. The Kier molecular flexibility index (Phi) is 3.28. The topological polar surface area (TPSA) is 40.5 Å². The average molecular weight is 208 g/mol. The first-order valence-corrected chi connectivity index (χ1v) is 5.48. The fourth-order valence-corrected chi connectivity index (χ4v) is 1.64. The minimum absolute atomic E-state index is 0.0384. The smallest absolute Gasteiger partial charge is 0.161 e. The molecule has 0 atom stereocenters. The van der Waals surface area contributed by atoms with Crippen molar-refractivity contribution in [1.29, 1.82) is 0 Å². The van der Waals surface area contributed by atoms with Crippen LogP contribution in [-0.2, 0) is 11.8 Å². The van der Waals surface area contributed by atoms with Crippen LogP contribution >= 0.6 is 0 Å². The van der Waals surface area contributed by atoms with Crippen LogP contribution < -0.4 is 0 Å². The predicted molar refractivity (Wildman–Crippen MR) is 62.5 cm³/mol. The average Bonchev–Trinajstić information content (AvgIpc) is 2.21. The van der Waals surface area contributed by atoms with E-state index in [2.05, 4.69) is 20.8 Å². The van der Waals surface area contributed by atoms with Gasteiger partial charge in [-0.25, -0.2) is 0 Å². The summed E-state index contributed by atoms with van der Waals surface area (Å²) in [6.45, 7) is 8.16. The number of rotatable bonds is 3. The van der Waals surface area contributed by atoms with E-state index in [4.69, 9.17) is 0 Å². The summed E-state index contributed by atoms with van der Waals surface area (Å²) in [5, 5.41) is 19.7. The molecule has 0 unspecified atom stereocenters. The van der Waals surface area contributed by atoms with Gasteiger partial charge in [-0.1, -0.05) is 39.8 Å². The van der Waals surface area contributed by atoms with E-state index in [0.717, 1.165) is 24.0 Å². The standard InChI is InChI=1S/C13H20O2/c1-5-9-7-8-10(12(15)11(9)14)13(3,4)6-2/h7-8,14-15H,5-6H2,1-4H3. The van der Waals surface area contributed by atoms with Crippen LogP contribution in [0.4, 0.5) is 0 Å². The second-order valence-electron chi connectivity index (χ2n) is 4.56. The first-order valence-electron chi connectivity index (χ1n) is 5.48. The molecule has 0 saturated heterocycles. The summed E-state index contributed by atoms with van der Waals surface area (Å²) in [5.41, 5.74) is 1.51. The zero-order chi connectivity index (χ0) is 11.6. The Morgan fingerprint density at radius 2 is 1.67 bits per heavy atom. The quantitative estimate of drug-likeness (QED) is 0.748. The van der Waals surface area contributed by atoms with Crippen LogP contribution in [0.2, 0.25) is 0 Å². The van der Waals surface area contributed by atoms with Gasteiger partial charge >= 0.3 is 0 Å². The fourth-order valence-electron chi connectivity index (χ4n) is 1.64. The van der Waals surface area contributed by atoms with Crippen molar-refractivity contribution in [2.24, 2.45) is 0 Å². The molecule has 0 radical (unpaired) electrons. The molecule has 0 bridgehead atoms. The molecular weight excluding hydrogens is 188 g/mol. The molecule has 0 aromatic heterocycles. The van der Waals surface area contributed by atoms with Gasteiger partial charge in [0.1, 0.15) is 0 Å². The van der Waals surface area contributed by atoms with Crippen LogP contribution in [-0.4, -0.2) is 10.2 Å². The van der Waals surface area contributed by atoms with Gasteiger partial charge in [0.25, 0.3) is 0 Å². The fraction of sp³-hybridized carbons (Fsp3) is 0.538. The number of benzene rings is 1. The normalized spacial score (nSPS) is 11.7. The Morgan fingerprint density at radius 1 is 1.07 bits per heavy atom. The lowest BCUT2D eigenvalue weighted by Gasteiger charge is -2.25. The largest absolute Gasteiger partial charge is 0.504 e. The third-order valence-electron chi connectivity index (χ3n) is 3.23. The van der Waals surface area contributed by atoms with Crippen molar-refractivity contribution >= 4 is 0 Å². The lowest BCUT2D eigenvalue weighted by atomic mass is 9.81. The molecule has 84 valence electrons. The summed E-state index contributed by atoms with van der Waals surface area (Å²) in [5.74, 6) is 0.0812. The summed E-state index contributed by atoms with van der Waals surface area (Å²) in [7, 11) is 0. The molecule has 15 heavy (non-hydrogen) atoms. The second kappa shape index (κ2) is 4.13. The third kappa shape index (κ3) is 2.09. The molecule has 0 saturated carbocycles. The van der Waals surface area contributed by atoms with Gasteiger partial charge in [-0.05, 0) is 23.8 Å². The number of hydrogen-bond donors (Lipinski definition) is 2. The van der Waals surface area contributed by atoms with Crippen LogP contribution in [0, 0.1) is 0 Å². The second-order valence-corrected chi connectivity index (χ2v) is 4.56. The molecule has 0 aliphatic carbocycles. The number of aryl methyl sites for hydroxylation is 1. The van der Waals surface area contributed by atoms with Crippen LogP contribution in [0.25, 0.3) is 0 Å². The van der Waals surface area contributed by atoms with E-state index in [1.54, 1.807) is 0 Å². The molecule has 2 heteroatoms. The van der Waals surface area contributed by atoms with Gasteiger partial charge in [0.15, 0.2) is 11.5 Å². The third-order valence-corrected chi connectivity index (χ3v) is 3.23. The van der Waals surface area contributed by atoms with Crippen LogP contribution in [0.1, 0.15) is 45.2 Å². The Balaban J connectivity index is 3.29. The first-order chi connectivity index (χ1) is 6.94. The van der Waals surface area contributed by atoms with E-state index in [0.29, 0.717) is 0 Å².